The third-order valence-electron chi connectivity index (χ3n) is 4.03. The normalized spacial score (nSPS) is 14.5. The van der Waals surface area contributed by atoms with Crippen molar-refractivity contribution in [3.63, 3.8) is 0 Å². The molecule has 1 aromatic heterocycles. The quantitative estimate of drug-likeness (QED) is 0.493. The number of ether oxygens (including phenoxy) is 2. The van der Waals surface area contributed by atoms with E-state index in [1.54, 1.807) is 24.1 Å². The Labute approximate surface area is 209 Å². The predicted octanol–water partition coefficient (Wildman–Crippen LogP) is 5.76. The Hall–Kier alpha value is -2.13. The van der Waals surface area contributed by atoms with E-state index >= 15 is 0 Å². The van der Waals surface area contributed by atoms with Gasteiger partial charge in [-0.05, 0) is 57.0 Å². The number of amides is 2. The van der Waals surface area contributed by atoms with Crippen LogP contribution in [0.5, 0.6) is 0 Å². The van der Waals surface area contributed by atoms with Crippen LogP contribution >= 0.6 is 34.5 Å². The Morgan fingerprint density at radius 2 is 1.97 bits per heavy atom. The largest absolute Gasteiger partial charge is 0.444 e. The van der Waals surface area contributed by atoms with Gasteiger partial charge < -0.3 is 14.8 Å². The number of thiophene rings is 1. The molecule has 1 unspecified atom stereocenters. The minimum atomic E-state index is -0.326. The summed E-state index contributed by atoms with van der Waals surface area (Å²) in [5, 5.41) is 3.09. The Balaban J connectivity index is 0.000000265. The van der Waals surface area contributed by atoms with Crippen LogP contribution in [0.3, 0.4) is 0 Å². The third-order valence-corrected chi connectivity index (χ3v) is 5.57. The van der Waals surface area contributed by atoms with Gasteiger partial charge in [-0.25, -0.2) is 4.79 Å². The highest BCUT2D eigenvalue weighted by Gasteiger charge is 2.30. The number of cyclic esters (lactones) is 1. The number of rotatable bonds is 6. The summed E-state index contributed by atoms with van der Waals surface area (Å²) in [5.74, 6) is 0.00958. The Kier molecular flexibility index (Phi) is 13.1. The number of hydrogen-bond donors (Lipinski definition) is 1. The first-order chi connectivity index (χ1) is 15.6. The van der Waals surface area contributed by atoms with Crippen molar-refractivity contribution in [3.8, 4) is 0 Å². The fourth-order valence-electron chi connectivity index (χ4n) is 2.55. The lowest BCUT2D eigenvalue weighted by Crippen LogP contribution is -2.24. The van der Waals surface area contributed by atoms with Crippen molar-refractivity contribution in [1.29, 1.82) is 0 Å². The fourth-order valence-corrected chi connectivity index (χ4v) is 3.88. The molecule has 182 valence electrons. The minimum absolute atomic E-state index is 0.0742. The Bertz CT molecular complexity index is 935. The molecule has 1 N–H and O–H groups in total. The molecular formula is C23H30Cl2N2O5S. The lowest BCUT2D eigenvalue weighted by Gasteiger charge is -2.14. The number of benzene rings is 1. The van der Waals surface area contributed by atoms with Gasteiger partial charge in [-0.3, -0.25) is 14.5 Å². The zero-order valence-electron chi connectivity index (χ0n) is 19.4. The van der Waals surface area contributed by atoms with E-state index in [4.69, 9.17) is 32.7 Å². The molecule has 0 spiro atoms. The summed E-state index contributed by atoms with van der Waals surface area (Å²) < 4.78 is 10.6. The molecular weight excluding hydrogens is 487 g/mol. The van der Waals surface area contributed by atoms with Crippen LogP contribution in [-0.2, 0) is 14.3 Å². The summed E-state index contributed by atoms with van der Waals surface area (Å²) in [6.07, 6.45) is 0.580. The molecule has 1 aliphatic heterocycles. The molecule has 1 fully saturated rings. The maximum absolute atomic E-state index is 11.5. The van der Waals surface area contributed by atoms with Crippen molar-refractivity contribution in [3.05, 3.63) is 50.1 Å². The highest BCUT2D eigenvalue weighted by molar-refractivity contribution is 7.17. The Morgan fingerprint density at radius 1 is 1.27 bits per heavy atom. The van der Waals surface area contributed by atoms with Crippen molar-refractivity contribution in [2.75, 3.05) is 31.7 Å². The molecule has 1 saturated heterocycles. The molecule has 7 nitrogen and oxygen atoms in total. The molecule has 2 amide bonds. The molecule has 10 heteroatoms. The van der Waals surface area contributed by atoms with Gasteiger partial charge in [-0.1, -0.05) is 36.2 Å². The number of ketones is 1. The third kappa shape index (κ3) is 10.6. The van der Waals surface area contributed by atoms with Gasteiger partial charge in [0, 0.05) is 13.7 Å². The zero-order valence-corrected chi connectivity index (χ0v) is 21.8. The topological polar surface area (TPSA) is 84.9 Å². The van der Waals surface area contributed by atoms with E-state index in [0.717, 1.165) is 17.7 Å². The molecule has 1 aromatic carbocycles. The van der Waals surface area contributed by atoms with Crippen LogP contribution in [-0.4, -0.2) is 50.7 Å². The van der Waals surface area contributed by atoms with E-state index in [9.17, 15) is 14.4 Å². The lowest BCUT2D eigenvalue weighted by atomic mass is 10.2. The van der Waals surface area contributed by atoms with Crippen LogP contribution in [0.4, 0.5) is 10.5 Å². The fraction of sp³-hybridized carbons (Fsp3) is 0.435. The van der Waals surface area contributed by atoms with Gasteiger partial charge in [0.15, 0.2) is 5.78 Å². The molecule has 1 aliphatic rings. The summed E-state index contributed by atoms with van der Waals surface area (Å²) in [4.78, 5) is 34.7. The lowest BCUT2D eigenvalue weighted by molar-refractivity contribution is -0.121. The van der Waals surface area contributed by atoms with Crippen LogP contribution in [0.1, 0.15) is 42.4 Å². The molecule has 0 bridgehead atoms. The summed E-state index contributed by atoms with van der Waals surface area (Å²) in [5.41, 5.74) is 1.79. The van der Waals surface area contributed by atoms with E-state index in [0.29, 0.717) is 27.4 Å². The van der Waals surface area contributed by atoms with Gasteiger partial charge >= 0.3 is 6.09 Å². The highest BCUT2D eigenvalue weighted by atomic mass is 35.5. The molecule has 0 saturated carbocycles. The van der Waals surface area contributed by atoms with E-state index in [2.05, 4.69) is 5.32 Å². The number of aryl methyl sites for hydroxylation is 1. The van der Waals surface area contributed by atoms with Crippen LogP contribution in [0.2, 0.25) is 9.36 Å². The smallest absolute Gasteiger partial charge is 0.414 e. The summed E-state index contributed by atoms with van der Waals surface area (Å²) >= 11 is 12.9. The number of Topliss-reactive ketones (excluding diaryl/α,β-unsaturated/α-hetero) is 1. The van der Waals surface area contributed by atoms with Crippen molar-refractivity contribution in [1.82, 2.24) is 5.32 Å². The second kappa shape index (κ2) is 14.9. The molecule has 33 heavy (non-hydrogen) atoms. The van der Waals surface area contributed by atoms with Crippen LogP contribution < -0.4 is 10.2 Å². The van der Waals surface area contributed by atoms with Crippen LogP contribution in [0.15, 0.2) is 30.3 Å². The number of nitrogens with one attached hydrogen (secondary N) is 1. The van der Waals surface area contributed by atoms with Crippen molar-refractivity contribution in [2.24, 2.45) is 0 Å². The number of halogens is 2. The first-order valence-corrected chi connectivity index (χ1v) is 11.9. The van der Waals surface area contributed by atoms with Gasteiger partial charge in [0.2, 0.25) is 0 Å². The van der Waals surface area contributed by atoms with Crippen molar-refractivity contribution >= 4 is 58.0 Å². The molecule has 1 atom stereocenters. The van der Waals surface area contributed by atoms with E-state index < -0.39 is 0 Å². The number of anilines is 1. The standard InChI is InChI=1S/C11H12ClNO2.C6H6ClNOS.C6H12O2/c1-7-3-4-10(9(12)5-7)13-6-8(2)15-11(13)14;1-8-6(9)4-2-3-5(7)10-4;1-3-4-8-5-6(2)7/h3-5,8H,6H2,1-2H3;2-3H,1H3,(H,8,9);3-5H2,1-2H3. The van der Waals surface area contributed by atoms with E-state index in [1.807, 2.05) is 39.0 Å². The van der Waals surface area contributed by atoms with Crippen molar-refractivity contribution in [2.45, 2.75) is 40.2 Å². The second-order valence-corrected chi connectivity index (χ2v) is 9.32. The number of nitrogens with zero attached hydrogens (tertiary/aromatic N) is 1. The van der Waals surface area contributed by atoms with Crippen LogP contribution in [0.25, 0.3) is 0 Å². The first-order valence-electron chi connectivity index (χ1n) is 10.4. The maximum Gasteiger partial charge on any atom is 0.414 e. The van der Waals surface area contributed by atoms with E-state index in [-0.39, 0.29) is 30.5 Å². The maximum atomic E-state index is 11.5. The van der Waals surface area contributed by atoms with Gasteiger partial charge in [0.05, 0.1) is 26.5 Å². The van der Waals surface area contributed by atoms with Gasteiger partial charge in [-0.15, -0.1) is 11.3 Å². The second-order valence-electron chi connectivity index (χ2n) is 7.20. The highest BCUT2D eigenvalue weighted by Crippen LogP contribution is 2.30. The summed E-state index contributed by atoms with van der Waals surface area (Å²) in [6.45, 7) is 8.88. The first kappa shape index (κ1) is 28.9. The average Bonchev–Trinajstić information content (AvgIpc) is 3.33. The van der Waals surface area contributed by atoms with Gasteiger partial charge in [0.1, 0.15) is 12.7 Å². The Morgan fingerprint density at radius 3 is 2.42 bits per heavy atom. The SMILES string of the molecule is CCCOCC(C)=O.CNC(=O)c1ccc(Cl)s1.Cc1ccc(N2CC(C)OC2=O)c(Cl)c1. The molecule has 0 radical (unpaired) electrons. The number of hydrogen-bond acceptors (Lipinski definition) is 6. The minimum Gasteiger partial charge on any atom is -0.444 e. The molecule has 0 aliphatic carbocycles. The molecule has 2 aromatic rings. The summed E-state index contributed by atoms with van der Waals surface area (Å²) in [7, 11) is 1.59. The average molecular weight is 517 g/mol. The molecule has 3 rings (SSSR count). The number of carbonyl (C=O) groups is 3. The summed E-state index contributed by atoms with van der Waals surface area (Å²) in [6, 6.07) is 9.02. The molecule has 2 heterocycles. The predicted molar refractivity (Wildman–Crippen MR) is 134 cm³/mol. The zero-order chi connectivity index (χ0) is 25.0. The number of carbonyl (C=O) groups excluding carboxylic acids is 3. The van der Waals surface area contributed by atoms with Crippen LogP contribution in [0, 0.1) is 6.92 Å². The van der Waals surface area contributed by atoms with Crippen molar-refractivity contribution < 1.29 is 23.9 Å². The van der Waals surface area contributed by atoms with Gasteiger partial charge in [-0.2, -0.15) is 0 Å². The van der Waals surface area contributed by atoms with Gasteiger partial charge in [0.25, 0.3) is 5.91 Å². The van der Waals surface area contributed by atoms with E-state index in [1.165, 1.54) is 18.3 Å². The monoisotopic (exact) mass is 516 g/mol.